The summed E-state index contributed by atoms with van der Waals surface area (Å²) in [6.45, 7) is 3.26. The zero-order valence-corrected chi connectivity index (χ0v) is 26.5. The molecule has 11 heteroatoms. The van der Waals surface area contributed by atoms with E-state index in [1.54, 1.807) is 37.3 Å². The quantitative estimate of drug-likeness (QED) is 0.230. The van der Waals surface area contributed by atoms with E-state index < -0.39 is 33.4 Å². The van der Waals surface area contributed by atoms with Crippen LogP contribution in [0.25, 0.3) is 0 Å². The number of hydrogen-bond donors (Lipinski definition) is 1. The topological polar surface area (TPSA) is 113 Å². The van der Waals surface area contributed by atoms with Gasteiger partial charge in [-0.3, -0.25) is 4.79 Å². The molecule has 0 spiro atoms. The summed E-state index contributed by atoms with van der Waals surface area (Å²) in [7, 11) is -3.43. The number of nitrogens with zero attached hydrogens (tertiary/aromatic N) is 2. The highest BCUT2D eigenvalue weighted by atomic mass is 32.2. The van der Waals surface area contributed by atoms with Crippen LogP contribution >= 0.6 is 0 Å². The first-order chi connectivity index (χ1) is 21.9. The summed E-state index contributed by atoms with van der Waals surface area (Å²) in [5.74, 6) is -0.712. The number of carbonyl (C=O) groups excluding carboxylic acids is 1. The predicted molar refractivity (Wildman–Crippen MR) is 169 cm³/mol. The number of benzene rings is 3. The number of anilines is 1. The number of rotatable bonds is 12. The van der Waals surface area contributed by atoms with Gasteiger partial charge >= 0.3 is 6.18 Å². The fraction of sp³-hybridized carbons (Fsp3) is 0.429. The lowest BCUT2D eigenvalue weighted by molar-refractivity contribution is -0.137. The number of hydrogen-bond acceptors (Lipinski definition) is 6. The van der Waals surface area contributed by atoms with Gasteiger partial charge in [-0.15, -0.1) is 0 Å². The molecule has 0 bridgehead atoms. The molecule has 2 N–H and O–H groups in total. The number of alkyl halides is 3. The molecule has 0 radical (unpaired) electrons. The summed E-state index contributed by atoms with van der Waals surface area (Å²) in [4.78, 5) is 15.0. The van der Waals surface area contributed by atoms with Gasteiger partial charge in [-0.2, -0.15) is 18.4 Å². The van der Waals surface area contributed by atoms with E-state index in [-0.39, 0.29) is 34.6 Å². The molecule has 46 heavy (non-hydrogen) atoms. The molecule has 0 unspecified atom stereocenters. The van der Waals surface area contributed by atoms with E-state index in [4.69, 9.17) is 10.5 Å². The maximum absolute atomic E-state index is 13.2. The van der Waals surface area contributed by atoms with Crippen molar-refractivity contribution in [1.82, 2.24) is 0 Å². The van der Waals surface area contributed by atoms with Gasteiger partial charge in [-0.05, 0) is 90.8 Å². The van der Waals surface area contributed by atoms with Gasteiger partial charge in [0.15, 0.2) is 9.84 Å². The molecule has 3 aromatic carbocycles. The van der Waals surface area contributed by atoms with Crippen LogP contribution < -0.4 is 10.6 Å². The highest BCUT2D eigenvalue weighted by Gasteiger charge is 2.34. The van der Waals surface area contributed by atoms with Gasteiger partial charge in [0.25, 0.3) is 0 Å². The summed E-state index contributed by atoms with van der Waals surface area (Å²) in [6.07, 6.45) is -0.550. The number of primary amides is 1. The Balaban J connectivity index is 1.50. The highest BCUT2D eigenvalue weighted by molar-refractivity contribution is 7.91. The Morgan fingerprint density at radius 2 is 1.72 bits per heavy atom. The molecular formula is C35H38F3N3O4S. The summed E-state index contributed by atoms with van der Waals surface area (Å²) in [5.41, 5.74) is 8.19. The van der Waals surface area contributed by atoms with E-state index in [2.05, 4.69) is 11.0 Å². The van der Waals surface area contributed by atoms with Crippen molar-refractivity contribution in [3.8, 4) is 6.07 Å². The maximum atomic E-state index is 13.2. The summed E-state index contributed by atoms with van der Waals surface area (Å²) < 4.78 is 70.6. The molecule has 5 rings (SSSR count). The van der Waals surface area contributed by atoms with Crippen molar-refractivity contribution in [1.29, 1.82) is 5.26 Å². The molecule has 1 heterocycles. The van der Waals surface area contributed by atoms with Gasteiger partial charge in [0.1, 0.15) is 0 Å². The third kappa shape index (κ3) is 7.73. The van der Waals surface area contributed by atoms with Gasteiger partial charge < -0.3 is 15.4 Å². The number of nitrogens with two attached hydrogens (primary N) is 1. The Kier molecular flexibility index (Phi) is 10.1. The SMILES string of the molecule is CCS(=O)(=O)c1ccc([C@@H](CC#N)c2cc(N3C[C@@H](c4ccc(C(F)(F)F)cc4)CC[C@H]3COCC3CC3)ccc2C(N)=O)cc1. The molecule has 1 aliphatic carbocycles. The number of sulfone groups is 1. The van der Waals surface area contributed by atoms with Crippen LogP contribution in [-0.4, -0.2) is 45.9 Å². The van der Waals surface area contributed by atoms with E-state index in [1.807, 2.05) is 12.1 Å². The van der Waals surface area contributed by atoms with Crippen molar-refractivity contribution < 1.29 is 31.1 Å². The molecule has 244 valence electrons. The Morgan fingerprint density at radius 1 is 1.02 bits per heavy atom. The van der Waals surface area contributed by atoms with Crippen LogP contribution in [0.5, 0.6) is 0 Å². The second-order valence-electron chi connectivity index (χ2n) is 12.2. The zero-order valence-electron chi connectivity index (χ0n) is 25.7. The summed E-state index contributed by atoms with van der Waals surface area (Å²) >= 11 is 0. The number of amides is 1. The largest absolute Gasteiger partial charge is 0.416 e. The van der Waals surface area contributed by atoms with Crippen molar-refractivity contribution in [2.45, 2.75) is 68.0 Å². The van der Waals surface area contributed by atoms with Crippen LogP contribution in [0.15, 0.2) is 71.6 Å². The van der Waals surface area contributed by atoms with Gasteiger partial charge in [-0.1, -0.05) is 31.2 Å². The van der Waals surface area contributed by atoms with E-state index in [1.165, 1.54) is 12.1 Å². The van der Waals surface area contributed by atoms with E-state index in [0.29, 0.717) is 36.8 Å². The van der Waals surface area contributed by atoms with E-state index in [0.717, 1.165) is 49.1 Å². The molecule has 1 amide bonds. The number of carbonyl (C=O) groups is 1. The fourth-order valence-electron chi connectivity index (χ4n) is 6.20. The highest BCUT2D eigenvalue weighted by Crippen LogP contribution is 2.39. The Morgan fingerprint density at radius 3 is 2.30 bits per heavy atom. The van der Waals surface area contributed by atoms with Crippen molar-refractivity contribution in [2.75, 3.05) is 30.4 Å². The van der Waals surface area contributed by atoms with Crippen molar-refractivity contribution in [2.24, 2.45) is 11.7 Å². The minimum absolute atomic E-state index is 0.00956. The van der Waals surface area contributed by atoms with Crippen LogP contribution in [0.1, 0.15) is 83.5 Å². The second-order valence-corrected chi connectivity index (χ2v) is 14.5. The molecule has 1 aliphatic heterocycles. The van der Waals surface area contributed by atoms with Gasteiger partial charge in [0.2, 0.25) is 5.91 Å². The lowest BCUT2D eigenvalue weighted by Crippen LogP contribution is -2.45. The van der Waals surface area contributed by atoms with Crippen LogP contribution in [0.4, 0.5) is 18.9 Å². The average molecular weight is 654 g/mol. The molecule has 2 fully saturated rings. The lowest BCUT2D eigenvalue weighted by atomic mass is 9.84. The van der Waals surface area contributed by atoms with Gasteiger partial charge in [-0.25, -0.2) is 8.42 Å². The van der Waals surface area contributed by atoms with E-state index in [9.17, 15) is 31.6 Å². The third-order valence-electron chi connectivity index (χ3n) is 9.10. The molecule has 3 atom stereocenters. The number of ether oxygens (including phenoxy) is 1. The van der Waals surface area contributed by atoms with Crippen molar-refractivity contribution >= 4 is 21.4 Å². The van der Waals surface area contributed by atoms with Crippen molar-refractivity contribution in [3.05, 3.63) is 94.5 Å². The molecule has 0 aromatic heterocycles. The maximum Gasteiger partial charge on any atom is 0.416 e. The predicted octanol–water partition coefficient (Wildman–Crippen LogP) is 6.82. The molecule has 1 saturated heterocycles. The van der Waals surface area contributed by atoms with Gasteiger partial charge in [0.05, 0.1) is 34.9 Å². The molecule has 7 nitrogen and oxygen atoms in total. The third-order valence-corrected chi connectivity index (χ3v) is 10.9. The first-order valence-electron chi connectivity index (χ1n) is 15.6. The smallest absolute Gasteiger partial charge is 0.379 e. The number of halogens is 3. The fourth-order valence-corrected chi connectivity index (χ4v) is 7.09. The second kappa shape index (κ2) is 13.9. The summed E-state index contributed by atoms with van der Waals surface area (Å²) in [5, 5.41) is 9.79. The van der Waals surface area contributed by atoms with Crippen LogP contribution in [0.3, 0.4) is 0 Å². The Hall–Kier alpha value is -3.88. The number of nitriles is 1. The molecular weight excluding hydrogens is 615 g/mol. The minimum Gasteiger partial charge on any atom is -0.379 e. The lowest BCUT2D eigenvalue weighted by Gasteiger charge is -2.42. The van der Waals surface area contributed by atoms with Crippen LogP contribution in [-0.2, 0) is 20.8 Å². The molecule has 2 aliphatic rings. The normalized spacial score (nSPS) is 19.4. The first kappa shape index (κ1) is 33.5. The van der Waals surface area contributed by atoms with Gasteiger partial charge in [0, 0.05) is 42.7 Å². The Bertz CT molecular complexity index is 1680. The minimum atomic E-state index is -4.41. The van der Waals surface area contributed by atoms with Crippen LogP contribution in [0.2, 0.25) is 0 Å². The standard InChI is InChI=1S/C35H38F3N3O4S/c1-2-46(43,44)30-14-8-25(9-15-30)31(17-18-39)33-19-28(13-16-32(33)34(40)42)41-20-26(7-12-29(41)22-45-21-23-3-4-23)24-5-10-27(11-6-24)35(36,37)38/h5-6,8-11,13-16,19,23,26,29,31H,2-4,7,12,17,20-22H2,1H3,(H2,40,42)/t26-,29-,31+/m0/s1. The zero-order chi connectivity index (χ0) is 33.1. The first-order valence-corrected chi connectivity index (χ1v) is 17.2. The van der Waals surface area contributed by atoms with E-state index >= 15 is 0 Å². The molecule has 1 saturated carbocycles. The average Bonchev–Trinajstić information content (AvgIpc) is 3.88. The van der Waals surface area contributed by atoms with Crippen molar-refractivity contribution in [3.63, 3.8) is 0 Å². The number of piperidine rings is 1. The monoisotopic (exact) mass is 653 g/mol. The summed E-state index contributed by atoms with van der Waals surface area (Å²) in [6, 6.07) is 19.2. The van der Waals surface area contributed by atoms with Crippen LogP contribution in [0, 0.1) is 17.2 Å². The molecule has 3 aromatic rings. The Labute approximate surface area is 268 Å².